The van der Waals surface area contributed by atoms with Crippen molar-refractivity contribution in [3.05, 3.63) is 34.3 Å². The summed E-state index contributed by atoms with van der Waals surface area (Å²) in [5.41, 5.74) is 7.40. The first-order valence-electron chi connectivity index (χ1n) is 6.75. The summed E-state index contributed by atoms with van der Waals surface area (Å²) < 4.78 is 5.91. The molecular formula is C15H21ClN2OS. The SMILES string of the molecule is CC1CN(Cc2ccc(C(N)=S)cc2Cl)CC(C)(C)O1. The highest BCUT2D eigenvalue weighted by atomic mass is 35.5. The van der Waals surface area contributed by atoms with Crippen molar-refractivity contribution in [1.82, 2.24) is 4.90 Å². The topological polar surface area (TPSA) is 38.5 Å². The first-order valence-corrected chi connectivity index (χ1v) is 7.54. The van der Waals surface area contributed by atoms with Crippen LogP contribution < -0.4 is 5.73 Å². The van der Waals surface area contributed by atoms with Crippen molar-refractivity contribution < 1.29 is 4.74 Å². The Morgan fingerprint density at radius 3 is 2.80 bits per heavy atom. The van der Waals surface area contributed by atoms with Crippen LogP contribution in [0.3, 0.4) is 0 Å². The minimum atomic E-state index is -0.122. The van der Waals surface area contributed by atoms with Gasteiger partial charge in [0.05, 0.1) is 11.7 Å². The van der Waals surface area contributed by atoms with Crippen LogP contribution in [0.15, 0.2) is 18.2 Å². The van der Waals surface area contributed by atoms with Gasteiger partial charge in [0.2, 0.25) is 0 Å². The number of ether oxygens (including phenoxy) is 1. The summed E-state index contributed by atoms with van der Waals surface area (Å²) >= 11 is 11.3. The predicted molar refractivity (Wildman–Crippen MR) is 87.2 cm³/mol. The Balaban J connectivity index is 2.12. The molecule has 0 amide bonds. The van der Waals surface area contributed by atoms with E-state index in [4.69, 9.17) is 34.3 Å². The summed E-state index contributed by atoms with van der Waals surface area (Å²) in [6.45, 7) is 8.96. The van der Waals surface area contributed by atoms with E-state index in [0.717, 1.165) is 30.8 Å². The van der Waals surface area contributed by atoms with Crippen LogP contribution in [-0.4, -0.2) is 34.7 Å². The highest BCUT2D eigenvalue weighted by Crippen LogP contribution is 2.25. The van der Waals surface area contributed by atoms with Crippen molar-refractivity contribution in [3.63, 3.8) is 0 Å². The maximum Gasteiger partial charge on any atom is 0.104 e. The molecule has 1 fully saturated rings. The Bertz CT molecular complexity index is 519. The highest BCUT2D eigenvalue weighted by molar-refractivity contribution is 7.80. The van der Waals surface area contributed by atoms with Gasteiger partial charge in [0.25, 0.3) is 0 Å². The number of morpholine rings is 1. The zero-order chi connectivity index (χ0) is 14.9. The molecule has 1 heterocycles. The molecule has 1 unspecified atom stereocenters. The van der Waals surface area contributed by atoms with Crippen LogP contribution in [0.25, 0.3) is 0 Å². The van der Waals surface area contributed by atoms with Crippen molar-refractivity contribution in [1.29, 1.82) is 0 Å². The minimum absolute atomic E-state index is 0.122. The third kappa shape index (κ3) is 3.92. The van der Waals surface area contributed by atoms with Gasteiger partial charge in [-0.05, 0) is 32.4 Å². The van der Waals surface area contributed by atoms with Crippen LogP contribution in [0, 0.1) is 0 Å². The standard InChI is InChI=1S/C15H21ClN2OS/c1-10-7-18(9-15(2,3)19-10)8-12-5-4-11(14(17)20)6-13(12)16/h4-6,10H,7-9H2,1-3H3,(H2,17,20). The lowest BCUT2D eigenvalue weighted by atomic mass is 10.0. The third-order valence-corrected chi connectivity index (χ3v) is 3.96. The van der Waals surface area contributed by atoms with Gasteiger partial charge in [0.1, 0.15) is 4.99 Å². The van der Waals surface area contributed by atoms with E-state index in [1.165, 1.54) is 0 Å². The lowest BCUT2D eigenvalue weighted by Gasteiger charge is -2.41. The largest absolute Gasteiger partial charge is 0.389 e. The smallest absolute Gasteiger partial charge is 0.104 e. The van der Waals surface area contributed by atoms with Gasteiger partial charge < -0.3 is 10.5 Å². The average molecular weight is 313 g/mol. The summed E-state index contributed by atoms with van der Waals surface area (Å²) in [5, 5.41) is 0.715. The molecule has 1 saturated heterocycles. The van der Waals surface area contributed by atoms with Gasteiger partial charge in [-0.3, -0.25) is 4.90 Å². The van der Waals surface area contributed by atoms with Crippen LogP contribution in [0.2, 0.25) is 5.02 Å². The molecule has 2 N–H and O–H groups in total. The lowest BCUT2D eigenvalue weighted by molar-refractivity contribution is -0.130. The fourth-order valence-corrected chi connectivity index (χ4v) is 3.14. The van der Waals surface area contributed by atoms with Crippen LogP contribution in [0.4, 0.5) is 0 Å². The Kier molecular flexibility index (Phi) is 4.69. The van der Waals surface area contributed by atoms with Gasteiger partial charge in [-0.1, -0.05) is 36.0 Å². The van der Waals surface area contributed by atoms with Gasteiger partial charge in [0.15, 0.2) is 0 Å². The molecule has 20 heavy (non-hydrogen) atoms. The first-order chi connectivity index (χ1) is 9.27. The summed E-state index contributed by atoms with van der Waals surface area (Å²) in [6.07, 6.45) is 0.230. The number of benzene rings is 1. The monoisotopic (exact) mass is 312 g/mol. The van der Waals surface area contributed by atoms with E-state index < -0.39 is 0 Å². The summed E-state index contributed by atoms with van der Waals surface area (Å²) in [7, 11) is 0. The highest BCUT2D eigenvalue weighted by Gasteiger charge is 2.31. The number of nitrogens with zero attached hydrogens (tertiary/aromatic N) is 1. The summed E-state index contributed by atoms with van der Waals surface area (Å²) in [5.74, 6) is 0. The van der Waals surface area contributed by atoms with E-state index in [0.29, 0.717) is 10.0 Å². The molecular weight excluding hydrogens is 292 g/mol. The van der Waals surface area contributed by atoms with E-state index in [1.54, 1.807) is 0 Å². The number of hydrogen-bond acceptors (Lipinski definition) is 3. The van der Waals surface area contributed by atoms with Crippen molar-refractivity contribution in [2.24, 2.45) is 5.73 Å². The van der Waals surface area contributed by atoms with E-state index >= 15 is 0 Å². The molecule has 0 saturated carbocycles. The van der Waals surface area contributed by atoms with Gasteiger partial charge in [0, 0.05) is 30.2 Å². The number of thiocarbonyl (C=S) groups is 1. The Morgan fingerprint density at radius 2 is 2.25 bits per heavy atom. The predicted octanol–water partition coefficient (Wildman–Crippen LogP) is 2.97. The average Bonchev–Trinajstić information content (AvgIpc) is 2.28. The molecule has 0 spiro atoms. The summed E-state index contributed by atoms with van der Waals surface area (Å²) in [6, 6.07) is 5.77. The zero-order valence-corrected chi connectivity index (χ0v) is 13.7. The minimum Gasteiger partial charge on any atom is -0.389 e. The normalized spacial score (nSPS) is 22.7. The fourth-order valence-electron chi connectivity index (χ4n) is 2.78. The number of nitrogens with two attached hydrogens (primary N) is 1. The molecule has 1 aliphatic heterocycles. The van der Waals surface area contributed by atoms with Crippen molar-refractivity contribution in [2.75, 3.05) is 13.1 Å². The molecule has 0 radical (unpaired) electrons. The first kappa shape index (κ1) is 15.7. The molecule has 0 aromatic heterocycles. The second kappa shape index (κ2) is 5.98. The molecule has 0 bridgehead atoms. The number of halogens is 1. The Labute approximate surface area is 131 Å². The summed E-state index contributed by atoms with van der Waals surface area (Å²) in [4.78, 5) is 2.75. The second-order valence-electron chi connectivity index (χ2n) is 6.03. The van der Waals surface area contributed by atoms with E-state index in [9.17, 15) is 0 Å². The molecule has 2 rings (SSSR count). The Morgan fingerprint density at radius 1 is 1.55 bits per heavy atom. The van der Waals surface area contributed by atoms with Crippen LogP contribution in [0.1, 0.15) is 31.9 Å². The molecule has 1 aliphatic rings. The third-order valence-electron chi connectivity index (χ3n) is 3.37. The molecule has 1 atom stereocenters. The maximum absolute atomic E-state index is 6.33. The van der Waals surface area contributed by atoms with Gasteiger partial charge in [-0.25, -0.2) is 0 Å². The van der Waals surface area contributed by atoms with Gasteiger partial charge >= 0.3 is 0 Å². The van der Waals surface area contributed by atoms with Crippen molar-refractivity contribution in [3.8, 4) is 0 Å². The molecule has 1 aromatic carbocycles. The molecule has 1 aromatic rings. The second-order valence-corrected chi connectivity index (χ2v) is 6.88. The maximum atomic E-state index is 6.33. The van der Waals surface area contributed by atoms with Crippen LogP contribution >= 0.6 is 23.8 Å². The van der Waals surface area contributed by atoms with Crippen molar-refractivity contribution in [2.45, 2.75) is 39.0 Å². The molecule has 0 aliphatic carbocycles. The Hall–Kier alpha value is -0.680. The molecule has 3 nitrogen and oxygen atoms in total. The molecule has 5 heteroatoms. The lowest BCUT2D eigenvalue weighted by Crippen LogP contribution is -2.51. The number of rotatable bonds is 3. The fraction of sp³-hybridized carbons (Fsp3) is 0.533. The number of hydrogen-bond donors (Lipinski definition) is 1. The van der Waals surface area contributed by atoms with Crippen LogP contribution in [-0.2, 0) is 11.3 Å². The van der Waals surface area contributed by atoms with Gasteiger partial charge in [-0.2, -0.15) is 0 Å². The molecule has 110 valence electrons. The van der Waals surface area contributed by atoms with E-state index in [-0.39, 0.29) is 11.7 Å². The van der Waals surface area contributed by atoms with Gasteiger partial charge in [-0.15, -0.1) is 0 Å². The van der Waals surface area contributed by atoms with E-state index in [2.05, 4.69) is 25.7 Å². The van der Waals surface area contributed by atoms with E-state index in [1.807, 2.05) is 18.2 Å². The zero-order valence-electron chi connectivity index (χ0n) is 12.1. The van der Waals surface area contributed by atoms with Crippen LogP contribution in [0.5, 0.6) is 0 Å². The quantitative estimate of drug-likeness (QED) is 0.871. The van der Waals surface area contributed by atoms with Crippen molar-refractivity contribution >= 4 is 28.8 Å².